The Bertz CT molecular complexity index is 580. The summed E-state index contributed by atoms with van der Waals surface area (Å²) in [6.07, 6.45) is 3.77. The fourth-order valence-electron chi connectivity index (χ4n) is 2.29. The monoisotopic (exact) mass is 307 g/mol. The van der Waals surface area contributed by atoms with Gasteiger partial charge in [0.2, 0.25) is 0 Å². The van der Waals surface area contributed by atoms with Crippen molar-refractivity contribution < 1.29 is 4.79 Å². The highest BCUT2D eigenvalue weighted by Gasteiger charge is 2.16. The summed E-state index contributed by atoms with van der Waals surface area (Å²) in [5, 5.41) is 14.5. The van der Waals surface area contributed by atoms with Crippen LogP contribution in [-0.4, -0.2) is 40.0 Å². The second-order valence-electron chi connectivity index (χ2n) is 4.86. The van der Waals surface area contributed by atoms with Crippen LogP contribution in [0.25, 0.3) is 5.69 Å². The van der Waals surface area contributed by atoms with Gasteiger partial charge in [-0.3, -0.25) is 4.79 Å². The maximum atomic E-state index is 12.0. The number of benzene rings is 1. The van der Waals surface area contributed by atoms with Crippen LogP contribution in [0.2, 0.25) is 0 Å². The molecule has 1 fully saturated rings. The van der Waals surface area contributed by atoms with Crippen molar-refractivity contribution in [3.8, 4) is 5.69 Å². The van der Waals surface area contributed by atoms with Crippen LogP contribution >= 0.6 is 12.4 Å². The highest BCUT2D eigenvalue weighted by Crippen LogP contribution is 2.05. The summed E-state index contributed by atoms with van der Waals surface area (Å²) in [6.45, 7) is 1.67. The van der Waals surface area contributed by atoms with E-state index in [0.717, 1.165) is 18.7 Å². The molecule has 112 valence electrons. The van der Waals surface area contributed by atoms with Gasteiger partial charge in [0.15, 0.2) is 5.69 Å². The van der Waals surface area contributed by atoms with Gasteiger partial charge in [-0.05, 0) is 31.5 Å². The number of rotatable bonds is 4. The number of amides is 1. The minimum Gasteiger partial charge on any atom is -0.349 e. The molecule has 0 aliphatic carbocycles. The molecule has 0 spiro atoms. The molecule has 6 nitrogen and oxygen atoms in total. The van der Waals surface area contributed by atoms with Crippen molar-refractivity contribution in [3.05, 3.63) is 42.2 Å². The van der Waals surface area contributed by atoms with E-state index in [2.05, 4.69) is 20.8 Å². The van der Waals surface area contributed by atoms with Gasteiger partial charge < -0.3 is 10.6 Å². The van der Waals surface area contributed by atoms with Gasteiger partial charge in [-0.2, -0.15) is 9.90 Å². The zero-order valence-electron chi connectivity index (χ0n) is 11.5. The van der Waals surface area contributed by atoms with Crippen molar-refractivity contribution in [1.29, 1.82) is 0 Å². The number of carbonyl (C=O) groups excluding carboxylic acids is 1. The molecular weight excluding hydrogens is 290 g/mol. The van der Waals surface area contributed by atoms with Gasteiger partial charge in [-0.25, -0.2) is 0 Å². The van der Waals surface area contributed by atoms with E-state index >= 15 is 0 Å². The average Bonchev–Trinajstić information content (AvgIpc) is 3.17. The first-order valence-electron chi connectivity index (χ1n) is 6.82. The van der Waals surface area contributed by atoms with E-state index in [-0.39, 0.29) is 18.3 Å². The standard InChI is InChI=1S/C14H17N5O.ClH/c20-14(16-9-11-5-4-8-15-11)13-10-17-19(18-13)12-6-2-1-3-7-12;/h1-3,6-7,10-11,15H,4-5,8-9H2,(H,16,20);1H. The molecule has 1 unspecified atom stereocenters. The summed E-state index contributed by atoms with van der Waals surface area (Å²) in [7, 11) is 0. The second-order valence-corrected chi connectivity index (χ2v) is 4.86. The number of hydrogen-bond donors (Lipinski definition) is 2. The topological polar surface area (TPSA) is 71.8 Å². The average molecular weight is 308 g/mol. The Morgan fingerprint density at radius 3 is 2.90 bits per heavy atom. The molecule has 1 saturated heterocycles. The van der Waals surface area contributed by atoms with Crippen LogP contribution in [0.3, 0.4) is 0 Å². The molecular formula is C14H18ClN5O. The predicted octanol–water partition coefficient (Wildman–Crippen LogP) is 1.17. The smallest absolute Gasteiger partial charge is 0.273 e. The minimum atomic E-state index is -0.180. The predicted molar refractivity (Wildman–Crippen MR) is 82.0 cm³/mol. The van der Waals surface area contributed by atoms with Gasteiger partial charge >= 0.3 is 0 Å². The number of hydrogen-bond acceptors (Lipinski definition) is 4. The van der Waals surface area contributed by atoms with E-state index in [4.69, 9.17) is 0 Å². The summed E-state index contributed by atoms with van der Waals surface area (Å²) in [5.41, 5.74) is 1.18. The van der Waals surface area contributed by atoms with Gasteiger partial charge in [0, 0.05) is 12.6 Å². The molecule has 2 N–H and O–H groups in total. The molecule has 1 atom stereocenters. The van der Waals surface area contributed by atoms with Crippen LogP contribution in [-0.2, 0) is 0 Å². The quantitative estimate of drug-likeness (QED) is 0.889. The summed E-state index contributed by atoms with van der Waals surface area (Å²) in [4.78, 5) is 13.5. The third-order valence-corrected chi connectivity index (χ3v) is 3.38. The van der Waals surface area contributed by atoms with Gasteiger partial charge in [0.05, 0.1) is 11.9 Å². The zero-order chi connectivity index (χ0) is 13.8. The van der Waals surface area contributed by atoms with E-state index in [1.54, 1.807) is 0 Å². The van der Waals surface area contributed by atoms with Crippen LogP contribution in [0.1, 0.15) is 23.3 Å². The summed E-state index contributed by atoms with van der Waals surface area (Å²) < 4.78 is 0. The van der Waals surface area contributed by atoms with E-state index in [0.29, 0.717) is 18.3 Å². The molecule has 7 heteroatoms. The largest absolute Gasteiger partial charge is 0.349 e. The van der Waals surface area contributed by atoms with Crippen LogP contribution in [0, 0.1) is 0 Å². The SMILES string of the molecule is Cl.O=C(NCC1CCCN1)c1cnn(-c2ccccc2)n1. The van der Waals surface area contributed by atoms with Gasteiger partial charge in [-0.1, -0.05) is 18.2 Å². The van der Waals surface area contributed by atoms with E-state index < -0.39 is 0 Å². The fourth-order valence-corrected chi connectivity index (χ4v) is 2.29. The third-order valence-electron chi connectivity index (χ3n) is 3.38. The van der Waals surface area contributed by atoms with Gasteiger partial charge in [0.25, 0.3) is 5.91 Å². The third kappa shape index (κ3) is 3.80. The van der Waals surface area contributed by atoms with Crippen molar-refractivity contribution in [2.45, 2.75) is 18.9 Å². The number of halogens is 1. The fraction of sp³-hybridized carbons (Fsp3) is 0.357. The Kier molecular flexibility index (Phi) is 5.30. The van der Waals surface area contributed by atoms with Crippen molar-refractivity contribution in [3.63, 3.8) is 0 Å². The maximum absolute atomic E-state index is 12.0. The first-order chi connectivity index (χ1) is 9.83. The maximum Gasteiger partial charge on any atom is 0.273 e. The Labute approximate surface area is 129 Å². The van der Waals surface area contributed by atoms with Gasteiger partial charge in [0.1, 0.15) is 0 Å². The number of carbonyl (C=O) groups is 1. The molecule has 0 bridgehead atoms. The summed E-state index contributed by atoms with van der Waals surface area (Å²) >= 11 is 0. The first-order valence-corrected chi connectivity index (χ1v) is 6.82. The first kappa shape index (κ1) is 15.5. The summed E-state index contributed by atoms with van der Waals surface area (Å²) in [6, 6.07) is 9.90. The minimum absolute atomic E-state index is 0. The van der Waals surface area contributed by atoms with E-state index in [1.165, 1.54) is 17.4 Å². The molecule has 2 aromatic rings. The normalized spacial score (nSPS) is 17.2. The highest BCUT2D eigenvalue weighted by molar-refractivity contribution is 5.91. The van der Waals surface area contributed by atoms with Crippen LogP contribution in [0.4, 0.5) is 0 Å². The van der Waals surface area contributed by atoms with Crippen LogP contribution in [0.5, 0.6) is 0 Å². The molecule has 3 rings (SSSR count). The molecule has 1 amide bonds. The molecule has 0 saturated carbocycles. The second kappa shape index (κ2) is 7.19. The van der Waals surface area contributed by atoms with Crippen molar-refractivity contribution in [2.75, 3.05) is 13.1 Å². The highest BCUT2D eigenvalue weighted by atomic mass is 35.5. The van der Waals surface area contributed by atoms with Crippen LogP contribution < -0.4 is 10.6 Å². The Morgan fingerprint density at radius 1 is 1.38 bits per heavy atom. The van der Waals surface area contributed by atoms with Crippen molar-refractivity contribution >= 4 is 18.3 Å². The van der Waals surface area contributed by atoms with E-state index in [9.17, 15) is 4.79 Å². The molecule has 21 heavy (non-hydrogen) atoms. The Hall–Kier alpha value is -1.92. The number of nitrogens with zero attached hydrogens (tertiary/aromatic N) is 3. The number of para-hydroxylation sites is 1. The van der Waals surface area contributed by atoms with Crippen LogP contribution in [0.15, 0.2) is 36.5 Å². The van der Waals surface area contributed by atoms with Crippen molar-refractivity contribution in [1.82, 2.24) is 25.6 Å². The van der Waals surface area contributed by atoms with Crippen molar-refractivity contribution in [2.24, 2.45) is 0 Å². The lowest BCUT2D eigenvalue weighted by atomic mass is 10.2. The van der Waals surface area contributed by atoms with E-state index in [1.807, 2.05) is 30.3 Å². The van der Waals surface area contributed by atoms with Gasteiger partial charge in [-0.15, -0.1) is 17.5 Å². The molecule has 1 aromatic heterocycles. The molecule has 0 radical (unpaired) electrons. The Balaban J connectivity index is 0.00000161. The molecule has 1 aliphatic rings. The molecule has 1 aromatic carbocycles. The summed E-state index contributed by atoms with van der Waals surface area (Å²) in [5.74, 6) is -0.180. The lowest BCUT2D eigenvalue weighted by molar-refractivity contribution is 0.0945. The lowest BCUT2D eigenvalue weighted by Crippen LogP contribution is -2.37. The number of aromatic nitrogens is 3. The Morgan fingerprint density at radius 2 is 2.19 bits per heavy atom. The zero-order valence-corrected chi connectivity index (χ0v) is 12.3. The lowest BCUT2D eigenvalue weighted by Gasteiger charge is -2.10. The molecule has 2 heterocycles. The molecule has 1 aliphatic heterocycles. The number of nitrogens with one attached hydrogen (secondary N) is 2.